The van der Waals surface area contributed by atoms with Gasteiger partial charge in [-0.3, -0.25) is 4.90 Å². The van der Waals surface area contributed by atoms with E-state index in [4.69, 9.17) is 4.74 Å². The van der Waals surface area contributed by atoms with Crippen LogP contribution >= 0.6 is 0 Å². The lowest BCUT2D eigenvalue weighted by molar-refractivity contribution is -0.139. The zero-order chi connectivity index (χ0) is 17.6. The van der Waals surface area contributed by atoms with Crippen molar-refractivity contribution < 1.29 is 19.4 Å². The maximum Gasteiger partial charge on any atom is 0.330 e. The lowest BCUT2D eigenvalue weighted by Crippen LogP contribution is -2.55. The average molecular weight is 347 g/mol. The van der Waals surface area contributed by atoms with Crippen LogP contribution in [0.4, 0.5) is 4.79 Å². The third-order valence-electron chi connectivity index (χ3n) is 4.96. The largest absolute Gasteiger partial charge is 0.479 e. The number of nitrogens with one attached hydrogen (secondary N) is 1. The third-order valence-corrected chi connectivity index (χ3v) is 4.96. The fraction of sp³-hybridized carbons (Fsp3) is 0.556. The number of amides is 2. The molecule has 2 aliphatic rings. The van der Waals surface area contributed by atoms with Gasteiger partial charge in [0.05, 0.1) is 0 Å². The molecule has 25 heavy (non-hydrogen) atoms. The van der Waals surface area contributed by atoms with Gasteiger partial charge in [-0.2, -0.15) is 0 Å². The minimum atomic E-state index is -1.06. The first kappa shape index (κ1) is 17.7. The van der Waals surface area contributed by atoms with Crippen LogP contribution in [0.3, 0.4) is 0 Å². The molecule has 2 heterocycles. The molecule has 1 atom stereocenters. The number of nitrogens with zero attached hydrogens (tertiary/aromatic N) is 2. The molecule has 0 radical (unpaired) electrons. The van der Waals surface area contributed by atoms with Crippen LogP contribution in [-0.2, 0) is 9.53 Å². The Kier molecular flexibility index (Phi) is 5.88. The monoisotopic (exact) mass is 347 g/mol. The fourth-order valence-electron chi connectivity index (χ4n) is 3.49. The van der Waals surface area contributed by atoms with Crippen LogP contribution in [-0.4, -0.2) is 72.3 Å². The van der Waals surface area contributed by atoms with E-state index >= 15 is 0 Å². The van der Waals surface area contributed by atoms with Crippen molar-refractivity contribution in [3.8, 4) is 0 Å². The molecule has 2 amide bonds. The molecule has 0 spiro atoms. The summed E-state index contributed by atoms with van der Waals surface area (Å²) in [6.45, 7) is 4.49. The maximum absolute atomic E-state index is 12.5. The first-order chi connectivity index (χ1) is 12.1. The highest BCUT2D eigenvalue weighted by molar-refractivity contribution is 5.83. The van der Waals surface area contributed by atoms with Crippen LogP contribution in [0.25, 0.3) is 0 Å². The summed E-state index contributed by atoms with van der Waals surface area (Å²) in [6.07, 6.45) is 2.09. The summed E-state index contributed by atoms with van der Waals surface area (Å²) in [5.74, 6) is -1.06. The Balaban J connectivity index is 1.54. The normalized spacial score (nSPS) is 20.9. The van der Waals surface area contributed by atoms with Crippen LogP contribution in [0, 0.1) is 0 Å². The van der Waals surface area contributed by atoms with Crippen LogP contribution in [0.15, 0.2) is 30.3 Å². The van der Waals surface area contributed by atoms with Gasteiger partial charge in [0.2, 0.25) is 0 Å². The van der Waals surface area contributed by atoms with E-state index in [9.17, 15) is 14.7 Å². The number of aliphatic carboxylic acids is 1. The lowest BCUT2D eigenvalue weighted by Gasteiger charge is -2.40. The van der Waals surface area contributed by atoms with E-state index in [1.54, 1.807) is 29.2 Å². The number of rotatable bonds is 4. The Bertz CT molecular complexity index is 581. The second-order valence-corrected chi connectivity index (χ2v) is 6.50. The predicted octanol–water partition coefficient (Wildman–Crippen LogP) is 1.32. The molecule has 2 aliphatic heterocycles. The Morgan fingerprint density at radius 1 is 1.08 bits per heavy atom. The molecule has 2 N–H and O–H groups in total. The Labute approximate surface area is 147 Å². The van der Waals surface area contributed by atoms with Crippen molar-refractivity contribution in [2.24, 2.45) is 0 Å². The van der Waals surface area contributed by atoms with Crippen molar-refractivity contribution in [3.05, 3.63) is 35.9 Å². The summed E-state index contributed by atoms with van der Waals surface area (Å²) in [5.41, 5.74) is 0.573. The van der Waals surface area contributed by atoms with Gasteiger partial charge in [0.25, 0.3) is 0 Å². The molecule has 0 bridgehead atoms. The number of ether oxygens (including phenoxy) is 1. The van der Waals surface area contributed by atoms with E-state index in [2.05, 4.69) is 10.2 Å². The van der Waals surface area contributed by atoms with Crippen molar-refractivity contribution in [1.29, 1.82) is 0 Å². The van der Waals surface area contributed by atoms with Crippen LogP contribution in [0.5, 0.6) is 0 Å². The molecule has 7 heteroatoms. The summed E-state index contributed by atoms with van der Waals surface area (Å²) in [7, 11) is 0. The molecule has 0 unspecified atom stereocenters. The summed E-state index contributed by atoms with van der Waals surface area (Å²) in [4.78, 5) is 28.1. The second-order valence-electron chi connectivity index (χ2n) is 6.50. The molecule has 0 aromatic heterocycles. The van der Waals surface area contributed by atoms with E-state index in [-0.39, 0.29) is 6.03 Å². The first-order valence-electron chi connectivity index (χ1n) is 8.80. The molecule has 0 aliphatic carbocycles. The van der Waals surface area contributed by atoms with Gasteiger partial charge in [-0.15, -0.1) is 0 Å². The topological polar surface area (TPSA) is 82.1 Å². The highest BCUT2D eigenvalue weighted by Gasteiger charge is 2.29. The molecule has 1 aromatic carbocycles. The average Bonchev–Trinajstić information content (AvgIpc) is 2.67. The molecule has 1 aromatic rings. The van der Waals surface area contributed by atoms with Crippen molar-refractivity contribution in [2.75, 3.05) is 39.4 Å². The minimum Gasteiger partial charge on any atom is -0.479 e. The quantitative estimate of drug-likeness (QED) is 0.858. The van der Waals surface area contributed by atoms with Gasteiger partial charge in [0.1, 0.15) is 0 Å². The molecular formula is C18H25N3O4. The second kappa shape index (κ2) is 8.31. The fourth-order valence-corrected chi connectivity index (χ4v) is 3.49. The van der Waals surface area contributed by atoms with Gasteiger partial charge in [-0.25, -0.2) is 9.59 Å². The molecule has 3 rings (SSSR count). The van der Waals surface area contributed by atoms with E-state index in [1.165, 1.54) is 0 Å². The summed E-state index contributed by atoms with van der Waals surface area (Å²) < 4.78 is 5.40. The number of carboxylic acid groups (broad SMARTS) is 1. The van der Waals surface area contributed by atoms with Crippen molar-refractivity contribution in [3.63, 3.8) is 0 Å². The molecule has 7 nitrogen and oxygen atoms in total. The van der Waals surface area contributed by atoms with Gasteiger partial charge in [0.15, 0.2) is 6.04 Å². The van der Waals surface area contributed by atoms with E-state index in [0.717, 1.165) is 39.1 Å². The SMILES string of the molecule is O=C(O)[C@@H](NC(=O)N1CCN(C2CCOCC2)CC1)c1ccccc1. The van der Waals surface area contributed by atoms with Crippen LogP contribution < -0.4 is 5.32 Å². The third kappa shape index (κ3) is 4.49. The van der Waals surface area contributed by atoms with E-state index < -0.39 is 12.0 Å². The van der Waals surface area contributed by atoms with Crippen molar-refractivity contribution >= 4 is 12.0 Å². The predicted molar refractivity (Wildman–Crippen MR) is 92.3 cm³/mol. The Hall–Kier alpha value is -2.12. The van der Waals surface area contributed by atoms with Gasteiger partial charge in [-0.1, -0.05) is 30.3 Å². The van der Waals surface area contributed by atoms with Crippen LogP contribution in [0.1, 0.15) is 24.4 Å². The zero-order valence-electron chi connectivity index (χ0n) is 14.3. The molecule has 2 fully saturated rings. The standard InChI is InChI=1S/C18H25N3O4/c22-17(23)16(14-4-2-1-3-5-14)19-18(24)21-10-8-20(9-11-21)15-6-12-25-13-7-15/h1-5,15-16H,6-13H2,(H,19,24)(H,22,23)/t16-/m0/s1. The summed E-state index contributed by atoms with van der Waals surface area (Å²) in [5, 5.41) is 12.1. The van der Waals surface area contributed by atoms with Crippen molar-refractivity contribution in [1.82, 2.24) is 15.1 Å². The minimum absolute atomic E-state index is 0.317. The van der Waals surface area contributed by atoms with Crippen LogP contribution in [0.2, 0.25) is 0 Å². The zero-order valence-corrected chi connectivity index (χ0v) is 14.3. The first-order valence-corrected chi connectivity index (χ1v) is 8.80. The number of benzene rings is 1. The Morgan fingerprint density at radius 3 is 2.32 bits per heavy atom. The molecule has 136 valence electrons. The number of carbonyl (C=O) groups is 2. The summed E-state index contributed by atoms with van der Waals surface area (Å²) >= 11 is 0. The van der Waals surface area contributed by atoms with Crippen molar-refractivity contribution in [2.45, 2.75) is 24.9 Å². The van der Waals surface area contributed by atoms with Gasteiger partial charge >= 0.3 is 12.0 Å². The van der Waals surface area contributed by atoms with E-state index in [0.29, 0.717) is 24.7 Å². The maximum atomic E-state index is 12.5. The number of hydrogen-bond donors (Lipinski definition) is 2. The molecule has 2 saturated heterocycles. The summed E-state index contributed by atoms with van der Waals surface area (Å²) in [6, 6.07) is 7.97. The van der Waals surface area contributed by atoms with Gasteiger partial charge in [-0.05, 0) is 18.4 Å². The van der Waals surface area contributed by atoms with E-state index in [1.807, 2.05) is 6.07 Å². The highest BCUT2D eigenvalue weighted by Crippen LogP contribution is 2.17. The molecular weight excluding hydrogens is 322 g/mol. The highest BCUT2D eigenvalue weighted by atomic mass is 16.5. The van der Waals surface area contributed by atoms with Gasteiger partial charge < -0.3 is 20.1 Å². The van der Waals surface area contributed by atoms with Gasteiger partial charge in [0, 0.05) is 45.4 Å². The Morgan fingerprint density at radius 2 is 1.72 bits per heavy atom. The number of hydrogen-bond acceptors (Lipinski definition) is 4. The number of carboxylic acids is 1. The number of piperazine rings is 1. The number of carbonyl (C=O) groups excluding carboxylic acids is 1. The smallest absolute Gasteiger partial charge is 0.330 e. The lowest BCUT2D eigenvalue weighted by atomic mass is 10.1. The number of urea groups is 1. The molecule has 0 saturated carbocycles.